The molecule has 0 aliphatic carbocycles. The van der Waals surface area contributed by atoms with Crippen LogP contribution in [-0.2, 0) is 15.7 Å². The number of ether oxygens (including phenoxy) is 2. The second-order valence-corrected chi connectivity index (χ2v) is 6.45. The van der Waals surface area contributed by atoms with Crippen LogP contribution in [0.3, 0.4) is 0 Å². The Morgan fingerprint density at radius 3 is 2.50 bits per heavy atom. The van der Waals surface area contributed by atoms with E-state index in [1.165, 1.54) is 23.1 Å². The number of nitrogens with zero attached hydrogens (tertiary/aromatic N) is 1. The highest BCUT2D eigenvalue weighted by molar-refractivity contribution is 5.76. The van der Waals surface area contributed by atoms with Gasteiger partial charge in [0.25, 0.3) is 0 Å². The highest BCUT2D eigenvalue weighted by Gasteiger charge is 2.40. The Bertz CT molecular complexity index is 823. The number of carboxylic acids is 1. The molecule has 1 saturated heterocycles. The first kappa shape index (κ1) is 20.2. The van der Waals surface area contributed by atoms with E-state index in [0.717, 1.165) is 11.6 Å². The summed E-state index contributed by atoms with van der Waals surface area (Å²) < 4.78 is 51.1. The SMILES string of the molecule is COc1ccc(C2CN(C(C(=O)O)c3ccccc3C(F)(F)F)CCO2)cc1. The van der Waals surface area contributed by atoms with Crippen LogP contribution in [0, 0.1) is 0 Å². The third-order valence-corrected chi connectivity index (χ3v) is 4.75. The first-order chi connectivity index (χ1) is 13.3. The lowest BCUT2D eigenvalue weighted by Gasteiger charge is -2.37. The van der Waals surface area contributed by atoms with E-state index in [1.807, 2.05) is 0 Å². The van der Waals surface area contributed by atoms with Crippen LogP contribution >= 0.6 is 0 Å². The number of methoxy groups -OCH3 is 1. The first-order valence-corrected chi connectivity index (χ1v) is 8.70. The molecule has 0 saturated carbocycles. The molecule has 8 heteroatoms. The Balaban J connectivity index is 1.90. The molecule has 1 fully saturated rings. The Kier molecular flexibility index (Phi) is 5.90. The molecule has 0 radical (unpaired) electrons. The zero-order valence-electron chi connectivity index (χ0n) is 15.1. The van der Waals surface area contributed by atoms with Crippen molar-refractivity contribution in [2.75, 3.05) is 26.8 Å². The second kappa shape index (κ2) is 8.20. The summed E-state index contributed by atoms with van der Waals surface area (Å²) in [6.07, 6.45) is -5.08. The molecule has 2 atom stereocenters. The van der Waals surface area contributed by atoms with E-state index >= 15 is 0 Å². The largest absolute Gasteiger partial charge is 0.497 e. The van der Waals surface area contributed by atoms with Crippen molar-refractivity contribution in [2.24, 2.45) is 0 Å². The van der Waals surface area contributed by atoms with Crippen LogP contribution in [0.15, 0.2) is 48.5 Å². The van der Waals surface area contributed by atoms with E-state index in [0.29, 0.717) is 5.75 Å². The smallest absolute Gasteiger partial charge is 0.416 e. The van der Waals surface area contributed by atoms with Crippen LogP contribution < -0.4 is 4.74 Å². The fourth-order valence-corrected chi connectivity index (χ4v) is 3.40. The third kappa shape index (κ3) is 4.28. The summed E-state index contributed by atoms with van der Waals surface area (Å²) in [4.78, 5) is 13.5. The van der Waals surface area contributed by atoms with Crippen LogP contribution in [0.2, 0.25) is 0 Å². The fraction of sp³-hybridized carbons (Fsp3) is 0.350. The van der Waals surface area contributed by atoms with Gasteiger partial charge in [-0.05, 0) is 29.3 Å². The van der Waals surface area contributed by atoms with Crippen LogP contribution in [-0.4, -0.2) is 42.8 Å². The molecule has 1 aliphatic heterocycles. The van der Waals surface area contributed by atoms with Crippen molar-refractivity contribution >= 4 is 5.97 Å². The Labute approximate surface area is 160 Å². The third-order valence-electron chi connectivity index (χ3n) is 4.75. The highest BCUT2D eigenvalue weighted by atomic mass is 19.4. The standard InChI is InChI=1S/C20H20F3NO4/c1-27-14-8-6-13(7-9-14)17-12-24(10-11-28-17)18(19(25)26)15-4-2-3-5-16(15)20(21,22)23/h2-9,17-18H,10-12H2,1H3,(H,25,26). The molecule has 2 unspecified atom stereocenters. The summed E-state index contributed by atoms with van der Waals surface area (Å²) in [6.45, 7) is 0.597. The molecule has 1 aliphatic rings. The van der Waals surface area contributed by atoms with Gasteiger partial charge in [-0.1, -0.05) is 30.3 Å². The van der Waals surface area contributed by atoms with Gasteiger partial charge in [0.05, 0.1) is 25.4 Å². The van der Waals surface area contributed by atoms with Gasteiger partial charge in [0.2, 0.25) is 0 Å². The molecule has 150 valence electrons. The summed E-state index contributed by atoms with van der Waals surface area (Å²) in [6, 6.07) is 10.5. The van der Waals surface area contributed by atoms with Crippen molar-refractivity contribution in [3.8, 4) is 5.75 Å². The lowest BCUT2D eigenvalue weighted by Crippen LogP contribution is -2.44. The van der Waals surface area contributed by atoms with E-state index < -0.39 is 29.9 Å². The number of hydrogen-bond acceptors (Lipinski definition) is 4. The molecule has 1 heterocycles. The van der Waals surface area contributed by atoms with Crippen LogP contribution in [0.4, 0.5) is 13.2 Å². The molecule has 0 spiro atoms. The predicted molar refractivity (Wildman–Crippen MR) is 95.1 cm³/mol. The van der Waals surface area contributed by atoms with Gasteiger partial charge in [0, 0.05) is 13.1 Å². The van der Waals surface area contributed by atoms with Gasteiger partial charge in [0.15, 0.2) is 0 Å². The number of alkyl halides is 3. The molecule has 5 nitrogen and oxygen atoms in total. The number of hydrogen-bond donors (Lipinski definition) is 1. The van der Waals surface area contributed by atoms with E-state index in [-0.39, 0.29) is 25.3 Å². The molecule has 0 bridgehead atoms. The van der Waals surface area contributed by atoms with Crippen LogP contribution in [0.25, 0.3) is 0 Å². The molecule has 1 N–H and O–H groups in total. The van der Waals surface area contributed by atoms with E-state index in [2.05, 4.69) is 0 Å². The molecular weight excluding hydrogens is 375 g/mol. The van der Waals surface area contributed by atoms with E-state index in [4.69, 9.17) is 9.47 Å². The summed E-state index contributed by atoms with van der Waals surface area (Å²) in [5.41, 5.74) is -0.397. The van der Waals surface area contributed by atoms with Gasteiger partial charge in [-0.25, -0.2) is 0 Å². The summed E-state index contributed by atoms with van der Waals surface area (Å²) in [5.74, 6) is -0.661. The van der Waals surface area contributed by atoms with Crippen molar-refractivity contribution < 1.29 is 32.5 Å². The van der Waals surface area contributed by atoms with Crippen LogP contribution in [0.5, 0.6) is 5.75 Å². The topological polar surface area (TPSA) is 59.0 Å². The second-order valence-electron chi connectivity index (χ2n) is 6.45. The molecule has 28 heavy (non-hydrogen) atoms. The minimum absolute atomic E-state index is 0.162. The van der Waals surface area contributed by atoms with Crippen LogP contribution in [0.1, 0.15) is 28.8 Å². The molecule has 3 rings (SSSR count). The average molecular weight is 395 g/mol. The molecule has 0 amide bonds. The van der Waals surface area contributed by atoms with Crippen molar-refractivity contribution in [2.45, 2.75) is 18.3 Å². The fourth-order valence-electron chi connectivity index (χ4n) is 3.40. The zero-order chi connectivity index (χ0) is 20.3. The van der Waals surface area contributed by atoms with Crippen molar-refractivity contribution in [3.05, 3.63) is 65.2 Å². The number of carboxylic acid groups (broad SMARTS) is 1. The van der Waals surface area contributed by atoms with Crippen molar-refractivity contribution in [1.29, 1.82) is 0 Å². The molecule has 2 aromatic carbocycles. The number of carbonyl (C=O) groups is 1. The van der Waals surface area contributed by atoms with Gasteiger partial charge >= 0.3 is 12.1 Å². The minimum atomic E-state index is -4.63. The normalized spacial score (nSPS) is 19.2. The minimum Gasteiger partial charge on any atom is -0.497 e. The number of benzene rings is 2. The van der Waals surface area contributed by atoms with Gasteiger partial charge in [-0.15, -0.1) is 0 Å². The average Bonchev–Trinajstić information content (AvgIpc) is 2.68. The molecular formula is C20H20F3NO4. The summed E-state index contributed by atoms with van der Waals surface area (Å²) >= 11 is 0. The monoisotopic (exact) mass is 395 g/mol. The zero-order valence-corrected chi connectivity index (χ0v) is 15.1. The van der Waals surface area contributed by atoms with E-state index in [9.17, 15) is 23.1 Å². The number of halogens is 3. The Morgan fingerprint density at radius 1 is 1.21 bits per heavy atom. The maximum Gasteiger partial charge on any atom is 0.416 e. The van der Waals surface area contributed by atoms with Gasteiger partial charge in [-0.3, -0.25) is 9.69 Å². The van der Waals surface area contributed by atoms with E-state index in [1.54, 1.807) is 31.4 Å². The maximum atomic E-state index is 13.4. The van der Waals surface area contributed by atoms with Gasteiger partial charge in [-0.2, -0.15) is 13.2 Å². The Hall–Kier alpha value is -2.58. The first-order valence-electron chi connectivity index (χ1n) is 8.70. The number of morpholine rings is 1. The van der Waals surface area contributed by atoms with Crippen molar-refractivity contribution in [3.63, 3.8) is 0 Å². The molecule has 0 aromatic heterocycles. The lowest BCUT2D eigenvalue weighted by molar-refractivity contribution is -0.149. The van der Waals surface area contributed by atoms with Gasteiger partial charge in [0.1, 0.15) is 11.8 Å². The van der Waals surface area contributed by atoms with Gasteiger partial charge < -0.3 is 14.6 Å². The Morgan fingerprint density at radius 2 is 1.89 bits per heavy atom. The van der Waals surface area contributed by atoms with Crippen molar-refractivity contribution in [1.82, 2.24) is 4.90 Å². The summed E-state index contributed by atoms with van der Waals surface area (Å²) in [5, 5.41) is 9.73. The predicted octanol–water partition coefficient (Wildman–Crippen LogP) is 3.91. The quantitative estimate of drug-likeness (QED) is 0.832. The summed E-state index contributed by atoms with van der Waals surface area (Å²) in [7, 11) is 1.55. The number of rotatable bonds is 5. The lowest BCUT2D eigenvalue weighted by atomic mass is 9.97. The number of aliphatic carboxylic acids is 1. The maximum absolute atomic E-state index is 13.4. The molecule has 2 aromatic rings. The highest BCUT2D eigenvalue weighted by Crippen LogP contribution is 2.38.